The van der Waals surface area contributed by atoms with Gasteiger partial charge in [-0.25, -0.2) is 4.98 Å². The summed E-state index contributed by atoms with van der Waals surface area (Å²) in [5.74, 6) is 1.50. The fourth-order valence-electron chi connectivity index (χ4n) is 2.65. The van der Waals surface area contributed by atoms with Crippen LogP contribution in [0.3, 0.4) is 0 Å². The monoisotopic (exact) mass is 341 g/mol. The number of likely N-dealkylation sites (N-methyl/N-ethyl adjacent to an activating group) is 1. The molecule has 0 aliphatic carbocycles. The summed E-state index contributed by atoms with van der Waals surface area (Å²) in [4.78, 5) is 18.3. The second kappa shape index (κ2) is 9.18. The van der Waals surface area contributed by atoms with Crippen LogP contribution in [0.1, 0.15) is 23.2 Å². The number of carbonyl (C=O) groups excluding carboxylic acids is 1. The minimum atomic E-state index is -0.0590. The molecule has 1 aromatic carbocycles. The van der Waals surface area contributed by atoms with Crippen LogP contribution in [0, 0.1) is 20.8 Å². The first-order valence-corrected chi connectivity index (χ1v) is 8.57. The van der Waals surface area contributed by atoms with E-state index in [9.17, 15) is 4.79 Å². The average Bonchev–Trinajstić information content (AvgIpc) is 2.53. The van der Waals surface area contributed by atoms with Crippen LogP contribution in [0.25, 0.3) is 0 Å². The van der Waals surface area contributed by atoms with Crippen molar-refractivity contribution in [2.24, 2.45) is 0 Å². The lowest BCUT2D eigenvalue weighted by molar-refractivity contribution is -0.117. The molecule has 134 valence electrons. The van der Waals surface area contributed by atoms with Crippen LogP contribution in [-0.4, -0.2) is 42.5 Å². The second-order valence-corrected chi connectivity index (χ2v) is 6.37. The Balaban J connectivity index is 1.70. The molecule has 0 aliphatic heterocycles. The third-order valence-corrected chi connectivity index (χ3v) is 3.91. The molecule has 25 heavy (non-hydrogen) atoms. The van der Waals surface area contributed by atoms with Crippen molar-refractivity contribution in [1.82, 2.24) is 9.88 Å². The van der Waals surface area contributed by atoms with Crippen LogP contribution in [-0.2, 0) is 4.79 Å². The third-order valence-electron chi connectivity index (χ3n) is 3.91. The van der Waals surface area contributed by atoms with E-state index < -0.39 is 0 Å². The Labute approximate surface area is 150 Å². The molecule has 1 N–H and O–H groups in total. The normalized spacial score (nSPS) is 10.8. The Kier molecular flexibility index (Phi) is 6.95. The van der Waals surface area contributed by atoms with E-state index in [2.05, 4.69) is 36.3 Å². The number of anilines is 1. The smallest absolute Gasteiger partial charge is 0.239 e. The van der Waals surface area contributed by atoms with E-state index in [0.717, 1.165) is 35.5 Å². The molecule has 0 atom stereocenters. The first-order valence-electron chi connectivity index (χ1n) is 8.57. The van der Waals surface area contributed by atoms with Crippen LogP contribution in [0.5, 0.6) is 5.75 Å². The number of para-hydroxylation sites is 1. The predicted molar refractivity (Wildman–Crippen MR) is 101 cm³/mol. The molecule has 0 aliphatic rings. The van der Waals surface area contributed by atoms with Gasteiger partial charge in [-0.3, -0.25) is 9.69 Å². The lowest BCUT2D eigenvalue weighted by atomic mass is 10.1. The van der Waals surface area contributed by atoms with Gasteiger partial charge in [0, 0.05) is 12.2 Å². The molecular weight excluding hydrogens is 314 g/mol. The number of carbonyl (C=O) groups is 1. The summed E-state index contributed by atoms with van der Waals surface area (Å²) in [5.41, 5.74) is 3.19. The molecular formula is C20H27N3O2. The molecule has 0 unspecified atom stereocenters. The van der Waals surface area contributed by atoms with Crippen molar-refractivity contribution in [3.05, 3.63) is 53.2 Å². The average molecular weight is 341 g/mol. The number of ether oxygens (including phenoxy) is 1. The molecule has 0 radical (unpaired) electrons. The third kappa shape index (κ3) is 6.19. The number of benzene rings is 1. The first kappa shape index (κ1) is 18.9. The highest BCUT2D eigenvalue weighted by molar-refractivity contribution is 5.91. The van der Waals surface area contributed by atoms with E-state index in [1.807, 2.05) is 37.1 Å². The Morgan fingerprint density at radius 3 is 2.48 bits per heavy atom. The fourth-order valence-corrected chi connectivity index (χ4v) is 2.65. The summed E-state index contributed by atoms with van der Waals surface area (Å²) in [6.07, 6.45) is 0.861. The van der Waals surface area contributed by atoms with Crippen molar-refractivity contribution in [3.63, 3.8) is 0 Å². The zero-order chi connectivity index (χ0) is 18.2. The van der Waals surface area contributed by atoms with Gasteiger partial charge in [0.15, 0.2) is 0 Å². The number of nitrogens with one attached hydrogen (secondary N) is 1. The van der Waals surface area contributed by atoms with Gasteiger partial charge >= 0.3 is 0 Å². The lowest BCUT2D eigenvalue weighted by Crippen LogP contribution is -2.31. The molecule has 5 nitrogen and oxygen atoms in total. The summed E-state index contributed by atoms with van der Waals surface area (Å²) in [7, 11) is 1.93. The summed E-state index contributed by atoms with van der Waals surface area (Å²) in [6.45, 7) is 7.77. The van der Waals surface area contributed by atoms with E-state index >= 15 is 0 Å². The largest absolute Gasteiger partial charge is 0.493 e. The molecule has 0 bridgehead atoms. The van der Waals surface area contributed by atoms with E-state index in [1.165, 1.54) is 0 Å². The number of hydrogen-bond donors (Lipinski definition) is 1. The zero-order valence-electron chi connectivity index (χ0n) is 15.5. The van der Waals surface area contributed by atoms with Crippen molar-refractivity contribution < 1.29 is 9.53 Å². The number of aryl methyl sites for hydroxylation is 3. The van der Waals surface area contributed by atoms with Gasteiger partial charge in [0.1, 0.15) is 11.6 Å². The van der Waals surface area contributed by atoms with Crippen molar-refractivity contribution in [1.29, 1.82) is 0 Å². The standard InChI is InChI=1S/C20H27N3O2/c1-15-8-5-9-16(2)20(15)25-13-7-12-23(4)14-19(24)22-18-11-6-10-17(3)21-18/h5-6,8-11H,7,12-14H2,1-4H3,(H,21,22,24). The van der Waals surface area contributed by atoms with Crippen molar-refractivity contribution in [3.8, 4) is 5.75 Å². The van der Waals surface area contributed by atoms with Gasteiger partial charge in [-0.15, -0.1) is 0 Å². The van der Waals surface area contributed by atoms with Crippen molar-refractivity contribution in [2.75, 3.05) is 32.1 Å². The van der Waals surface area contributed by atoms with Crippen LogP contribution < -0.4 is 10.1 Å². The van der Waals surface area contributed by atoms with Gasteiger partial charge in [0.05, 0.1) is 13.2 Å². The Hall–Kier alpha value is -2.40. The van der Waals surface area contributed by atoms with Gasteiger partial charge in [-0.05, 0) is 57.5 Å². The van der Waals surface area contributed by atoms with Crippen LogP contribution in [0.15, 0.2) is 36.4 Å². The molecule has 0 spiro atoms. The topological polar surface area (TPSA) is 54.5 Å². The fraction of sp³-hybridized carbons (Fsp3) is 0.400. The van der Waals surface area contributed by atoms with E-state index in [-0.39, 0.29) is 5.91 Å². The van der Waals surface area contributed by atoms with Gasteiger partial charge in [-0.2, -0.15) is 0 Å². The number of aromatic nitrogens is 1. The number of hydrogen-bond acceptors (Lipinski definition) is 4. The van der Waals surface area contributed by atoms with E-state index in [1.54, 1.807) is 6.07 Å². The van der Waals surface area contributed by atoms with Gasteiger partial charge in [-0.1, -0.05) is 24.3 Å². The summed E-state index contributed by atoms with van der Waals surface area (Å²) in [5, 5.41) is 2.82. The van der Waals surface area contributed by atoms with Gasteiger partial charge in [0.25, 0.3) is 0 Å². The maximum absolute atomic E-state index is 12.1. The molecule has 1 heterocycles. The molecule has 2 rings (SSSR count). The van der Waals surface area contributed by atoms with Crippen molar-refractivity contribution >= 4 is 11.7 Å². The molecule has 5 heteroatoms. The highest BCUT2D eigenvalue weighted by atomic mass is 16.5. The minimum absolute atomic E-state index is 0.0590. The second-order valence-electron chi connectivity index (χ2n) is 6.37. The van der Waals surface area contributed by atoms with Gasteiger partial charge in [0.2, 0.25) is 5.91 Å². The Morgan fingerprint density at radius 1 is 1.12 bits per heavy atom. The SMILES string of the molecule is Cc1cccc(NC(=O)CN(C)CCCOc2c(C)cccc2C)n1. The minimum Gasteiger partial charge on any atom is -0.493 e. The van der Waals surface area contributed by atoms with E-state index in [0.29, 0.717) is 19.0 Å². The van der Waals surface area contributed by atoms with E-state index in [4.69, 9.17) is 4.74 Å². The maximum atomic E-state index is 12.1. The number of nitrogens with zero attached hydrogens (tertiary/aromatic N) is 2. The number of rotatable bonds is 8. The number of pyridine rings is 1. The Morgan fingerprint density at radius 2 is 1.80 bits per heavy atom. The Bertz CT molecular complexity index is 696. The molecule has 1 aromatic heterocycles. The highest BCUT2D eigenvalue weighted by Gasteiger charge is 2.08. The van der Waals surface area contributed by atoms with Crippen molar-refractivity contribution in [2.45, 2.75) is 27.2 Å². The summed E-state index contributed by atoms with van der Waals surface area (Å²) in [6, 6.07) is 11.7. The zero-order valence-corrected chi connectivity index (χ0v) is 15.5. The molecule has 1 amide bonds. The van der Waals surface area contributed by atoms with Crippen LogP contribution in [0.2, 0.25) is 0 Å². The molecule has 0 saturated heterocycles. The molecule has 0 saturated carbocycles. The lowest BCUT2D eigenvalue weighted by Gasteiger charge is -2.17. The van der Waals surface area contributed by atoms with Gasteiger partial charge < -0.3 is 10.1 Å². The number of amides is 1. The summed E-state index contributed by atoms with van der Waals surface area (Å²) < 4.78 is 5.89. The quantitative estimate of drug-likeness (QED) is 0.748. The first-order chi connectivity index (χ1) is 12.0. The highest BCUT2D eigenvalue weighted by Crippen LogP contribution is 2.22. The summed E-state index contributed by atoms with van der Waals surface area (Å²) >= 11 is 0. The van der Waals surface area contributed by atoms with Crippen LogP contribution >= 0.6 is 0 Å². The maximum Gasteiger partial charge on any atom is 0.239 e. The molecule has 2 aromatic rings. The van der Waals surface area contributed by atoms with Crippen LogP contribution in [0.4, 0.5) is 5.82 Å². The predicted octanol–water partition coefficient (Wildman–Crippen LogP) is 3.35. The molecule has 0 fully saturated rings.